The Morgan fingerprint density at radius 1 is 1.26 bits per heavy atom. The molecular weight excluding hydrogens is 335 g/mol. The van der Waals surface area contributed by atoms with Crippen molar-refractivity contribution in [3.05, 3.63) is 18.5 Å². The average Bonchev–Trinajstić information content (AvgIpc) is 2.87. The van der Waals surface area contributed by atoms with Crippen LogP contribution in [-0.2, 0) is 17.1 Å². The van der Waals surface area contributed by atoms with E-state index in [0.29, 0.717) is 0 Å². The predicted molar refractivity (Wildman–Crippen MR) is 80.6 cm³/mol. The maximum absolute atomic E-state index is 12.0. The summed E-state index contributed by atoms with van der Waals surface area (Å²) in [6, 6.07) is 1.47. The smallest absolute Gasteiger partial charge is 0.356 e. The molecule has 0 amide bonds. The highest BCUT2D eigenvalue weighted by atomic mass is 32.2. The number of nitrogens with one attached hydrogen (secondary N) is 3. The number of sulfonamides is 1. The number of guanidine groups is 1. The first-order valence-electron chi connectivity index (χ1n) is 6.77. The topological polar surface area (TPSA) is 87.5 Å². The molecular formula is C12H20F3N5O2S. The summed E-state index contributed by atoms with van der Waals surface area (Å²) in [5.41, 5.74) is 0. The molecule has 0 aliphatic heterocycles. The van der Waals surface area contributed by atoms with Gasteiger partial charge in [0.1, 0.15) is 0 Å². The highest BCUT2D eigenvalue weighted by Gasteiger charge is 2.26. The minimum atomic E-state index is -4.24. The molecule has 0 radical (unpaired) electrons. The molecule has 0 aliphatic rings. The van der Waals surface area contributed by atoms with Crippen molar-refractivity contribution in [1.82, 2.24) is 19.9 Å². The summed E-state index contributed by atoms with van der Waals surface area (Å²) in [6.07, 6.45) is -2.14. The van der Waals surface area contributed by atoms with E-state index in [1.807, 2.05) is 0 Å². The second-order valence-corrected chi connectivity index (χ2v) is 6.47. The Morgan fingerprint density at radius 3 is 2.43 bits per heavy atom. The first-order valence-corrected chi connectivity index (χ1v) is 8.25. The lowest BCUT2D eigenvalue weighted by Crippen LogP contribution is -2.42. The highest BCUT2D eigenvalue weighted by Crippen LogP contribution is 2.17. The monoisotopic (exact) mass is 355 g/mol. The molecule has 0 fully saturated rings. The van der Waals surface area contributed by atoms with Crippen LogP contribution in [0.5, 0.6) is 0 Å². The molecule has 0 spiro atoms. The van der Waals surface area contributed by atoms with Crippen molar-refractivity contribution >= 4 is 16.0 Å². The summed E-state index contributed by atoms with van der Waals surface area (Å²) in [5.74, 6) is 0.174. The molecule has 0 unspecified atom stereocenters. The lowest BCUT2D eigenvalue weighted by Gasteiger charge is -2.13. The Morgan fingerprint density at radius 2 is 1.91 bits per heavy atom. The van der Waals surface area contributed by atoms with Gasteiger partial charge in [-0.15, -0.1) is 0 Å². The van der Waals surface area contributed by atoms with Crippen LogP contribution in [0.4, 0.5) is 13.2 Å². The van der Waals surface area contributed by atoms with Gasteiger partial charge in [-0.3, -0.25) is 4.99 Å². The molecule has 132 valence electrons. The fourth-order valence-electron chi connectivity index (χ4n) is 1.63. The van der Waals surface area contributed by atoms with Gasteiger partial charge in [-0.1, -0.05) is 0 Å². The van der Waals surface area contributed by atoms with Crippen molar-refractivity contribution in [3.8, 4) is 0 Å². The van der Waals surface area contributed by atoms with Crippen LogP contribution in [0.3, 0.4) is 0 Å². The number of aliphatic imine (C=N–C) groups is 1. The van der Waals surface area contributed by atoms with Crippen LogP contribution in [0.15, 0.2) is 28.3 Å². The summed E-state index contributed by atoms with van der Waals surface area (Å²) in [4.78, 5) is 3.90. The number of hydrogen-bond donors (Lipinski definition) is 3. The van der Waals surface area contributed by atoms with Gasteiger partial charge in [-0.05, 0) is 6.07 Å². The second-order valence-electron chi connectivity index (χ2n) is 4.70. The molecule has 1 rings (SSSR count). The standard InChI is InChI=1S/C12H20F3N5O2S/c1-16-11(17-5-4-12(13,14)15)18-6-7-19-23(21,22)10-3-8-20(2)9-10/h3,8-9,19H,4-7H2,1-2H3,(H2,16,17,18). The van der Waals surface area contributed by atoms with Gasteiger partial charge in [0.15, 0.2) is 5.96 Å². The quantitative estimate of drug-likeness (QED) is 0.376. The van der Waals surface area contributed by atoms with Crippen LogP contribution >= 0.6 is 0 Å². The Kier molecular flexibility index (Phi) is 6.88. The number of aromatic nitrogens is 1. The van der Waals surface area contributed by atoms with E-state index in [9.17, 15) is 21.6 Å². The van der Waals surface area contributed by atoms with Gasteiger partial charge in [0, 0.05) is 46.1 Å². The molecule has 23 heavy (non-hydrogen) atoms. The van der Waals surface area contributed by atoms with Gasteiger partial charge in [0.05, 0.1) is 11.3 Å². The van der Waals surface area contributed by atoms with Crippen molar-refractivity contribution in [2.75, 3.05) is 26.7 Å². The van der Waals surface area contributed by atoms with Crippen LogP contribution in [0, 0.1) is 0 Å². The van der Waals surface area contributed by atoms with E-state index in [0.717, 1.165) is 0 Å². The van der Waals surface area contributed by atoms with Crippen molar-refractivity contribution in [2.24, 2.45) is 12.0 Å². The maximum atomic E-state index is 12.0. The maximum Gasteiger partial charge on any atom is 0.390 e. The number of alkyl halides is 3. The fraction of sp³-hybridized carbons (Fsp3) is 0.583. The van der Waals surface area contributed by atoms with Crippen molar-refractivity contribution in [3.63, 3.8) is 0 Å². The van der Waals surface area contributed by atoms with Crippen molar-refractivity contribution in [1.29, 1.82) is 0 Å². The van der Waals surface area contributed by atoms with E-state index in [1.54, 1.807) is 17.8 Å². The molecule has 0 bridgehead atoms. The van der Waals surface area contributed by atoms with Crippen molar-refractivity contribution in [2.45, 2.75) is 17.5 Å². The molecule has 0 aromatic carbocycles. The largest absolute Gasteiger partial charge is 0.390 e. The number of aryl methyl sites for hydroxylation is 1. The van der Waals surface area contributed by atoms with Crippen LogP contribution < -0.4 is 15.4 Å². The molecule has 3 N–H and O–H groups in total. The zero-order valence-electron chi connectivity index (χ0n) is 12.8. The summed E-state index contributed by atoms with van der Waals surface area (Å²) < 4.78 is 63.9. The van der Waals surface area contributed by atoms with E-state index in [4.69, 9.17) is 0 Å². The lowest BCUT2D eigenvalue weighted by molar-refractivity contribution is -0.132. The minimum absolute atomic E-state index is 0.0667. The first-order chi connectivity index (χ1) is 10.6. The molecule has 1 aromatic rings. The molecule has 0 aliphatic carbocycles. The van der Waals surface area contributed by atoms with Crippen LogP contribution in [0.1, 0.15) is 6.42 Å². The fourth-order valence-corrected chi connectivity index (χ4v) is 2.71. The Balaban J connectivity index is 2.32. The third-order valence-electron chi connectivity index (χ3n) is 2.75. The third-order valence-corrected chi connectivity index (χ3v) is 4.20. The van der Waals surface area contributed by atoms with Crippen LogP contribution in [0.25, 0.3) is 0 Å². The number of halogens is 3. The number of rotatable bonds is 7. The van der Waals surface area contributed by atoms with Crippen LogP contribution in [0.2, 0.25) is 0 Å². The number of nitrogens with zero attached hydrogens (tertiary/aromatic N) is 2. The average molecular weight is 355 g/mol. The minimum Gasteiger partial charge on any atom is -0.356 e. The number of hydrogen-bond acceptors (Lipinski definition) is 3. The van der Waals surface area contributed by atoms with Crippen LogP contribution in [-0.4, -0.2) is 51.8 Å². The molecule has 0 saturated heterocycles. The Bertz CT molecular complexity index is 625. The van der Waals surface area contributed by atoms with E-state index in [-0.39, 0.29) is 30.5 Å². The molecule has 0 saturated carbocycles. The summed E-state index contributed by atoms with van der Waals surface area (Å²) >= 11 is 0. The zero-order chi connectivity index (χ0) is 17.5. The zero-order valence-corrected chi connectivity index (χ0v) is 13.6. The second kappa shape index (κ2) is 8.20. The first kappa shape index (κ1) is 19.3. The van der Waals surface area contributed by atoms with Gasteiger partial charge in [0.25, 0.3) is 0 Å². The SMILES string of the molecule is CN=C(NCCNS(=O)(=O)c1ccn(C)c1)NCCC(F)(F)F. The Hall–Kier alpha value is -1.75. The lowest BCUT2D eigenvalue weighted by atomic mass is 10.4. The van der Waals surface area contributed by atoms with Crippen molar-refractivity contribution < 1.29 is 21.6 Å². The molecule has 1 aromatic heterocycles. The summed E-state index contributed by atoms with van der Waals surface area (Å²) in [5, 5.41) is 5.22. The van der Waals surface area contributed by atoms with Gasteiger partial charge >= 0.3 is 6.18 Å². The third kappa shape index (κ3) is 7.37. The van der Waals surface area contributed by atoms with Gasteiger partial charge < -0.3 is 15.2 Å². The molecule has 11 heteroatoms. The summed E-state index contributed by atoms with van der Waals surface area (Å²) in [7, 11) is -0.481. The van der Waals surface area contributed by atoms with E-state index in [1.165, 1.54) is 19.3 Å². The van der Waals surface area contributed by atoms with E-state index in [2.05, 4.69) is 20.3 Å². The molecule has 0 atom stereocenters. The van der Waals surface area contributed by atoms with E-state index >= 15 is 0 Å². The van der Waals surface area contributed by atoms with Gasteiger partial charge in [-0.2, -0.15) is 13.2 Å². The van der Waals surface area contributed by atoms with E-state index < -0.39 is 22.6 Å². The van der Waals surface area contributed by atoms with Gasteiger partial charge in [0.2, 0.25) is 10.0 Å². The molecule has 1 heterocycles. The summed E-state index contributed by atoms with van der Waals surface area (Å²) in [6.45, 7) is -0.0616. The predicted octanol–water partition coefficient (Wildman–Crippen LogP) is 0.421. The normalized spacial score (nSPS) is 13.2. The highest BCUT2D eigenvalue weighted by molar-refractivity contribution is 7.89. The van der Waals surface area contributed by atoms with Gasteiger partial charge in [-0.25, -0.2) is 13.1 Å². The molecule has 7 nitrogen and oxygen atoms in total. The Labute approximate surface area is 133 Å².